The van der Waals surface area contributed by atoms with Crippen molar-refractivity contribution in [2.45, 2.75) is 0 Å². The monoisotopic (exact) mass is 339 g/mol. The van der Waals surface area contributed by atoms with Gasteiger partial charge in [-0.3, -0.25) is 4.79 Å². The number of para-hydroxylation sites is 2. The molecule has 0 aromatic heterocycles. The molecule has 126 valence electrons. The number of anilines is 1. The van der Waals surface area contributed by atoms with E-state index in [1.807, 2.05) is 29.2 Å². The van der Waals surface area contributed by atoms with E-state index in [-0.39, 0.29) is 5.91 Å². The maximum atomic E-state index is 12.5. The van der Waals surface area contributed by atoms with Crippen molar-refractivity contribution >= 4 is 21.6 Å². The second-order valence-corrected chi connectivity index (χ2v) is 7.76. The van der Waals surface area contributed by atoms with Crippen molar-refractivity contribution < 1.29 is 17.9 Å². The van der Waals surface area contributed by atoms with Gasteiger partial charge in [0.1, 0.15) is 12.4 Å². The third kappa shape index (κ3) is 3.59. The van der Waals surface area contributed by atoms with Crippen LogP contribution in [-0.2, 0) is 14.8 Å². The van der Waals surface area contributed by atoms with E-state index >= 15 is 0 Å². The molecule has 0 spiro atoms. The van der Waals surface area contributed by atoms with Crippen LogP contribution in [0.25, 0.3) is 0 Å². The maximum Gasteiger partial charge on any atom is 0.242 e. The largest absolute Gasteiger partial charge is 0.490 e. The average molecular weight is 339 g/mol. The molecule has 1 amide bonds. The SMILES string of the molecule is CS(=O)(=O)N1CCN(C(=O)CN2CCOc3ccccc32)CC1. The summed E-state index contributed by atoms with van der Waals surface area (Å²) in [7, 11) is -3.17. The molecule has 0 aliphatic carbocycles. The fraction of sp³-hybridized carbons (Fsp3) is 0.533. The summed E-state index contributed by atoms with van der Waals surface area (Å²) in [5.41, 5.74) is 0.932. The maximum absolute atomic E-state index is 12.5. The molecule has 1 fully saturated rings. The zero-order chi connectivity index (χ0) is 16.4. The molecule has 0 bridgehead atoms. The highest BCUT2D eigenvalue weighted by molar-refractivity contribution is 7.88. The molecular weight excluding hydrogens is 318 g/mol. The number of fused-ring (bicyclic) bond motifs is 1. The van der Waals surface area contributed by atoms with Crippen LogP contribution >= 0.6 is 0 Å². The van der Waals surface area contributed by atoms with Crippen LogP contribution in [0.5, 0.6) is 5.75 Å². The molecule has 2 aliphatic rings. The Morgan fingerprint density at radius 1 is 1.13 bits per heavy atom. The topological polar surface area (TPSA) is 70.2 Å². The van der Waals surface area contributed by atoms with E-state index in [2.05, 4.69) is 0 Å². The minimum atomic E-state index is -3.17. The molecule has 1 aromatic carbocycles. The van der Waals surface area contributed by atoms with Gasteiger partial charge in [0.05, 0.1) is 25.0 Å². The number of ether oxygens (including phenoxy) is 1. The van der Waals surface area contributed by atoms with Gasteiger partial charge in [0.15, 0.2) is 0 Å². The molecular formula is C15H21N3O4S. The van der Waals surface area contributed by atoms with E-state index in [9.17, 15) is 13.2 Å². The molecule has 2 heterocycles. The van der Waals surface area contributed by atoms with Crippen molar-refractivity contribution in [1.29, 1.82) is 0 Å². The first kappa shape index (κ1) is 16.1. The molecule has 0 atom stereocenters. The summed E-state index contributed by atoms with van der Waals surface area (Å²) in [6.07, 6.45) is 1.20. The Labute approximate surface area is 136 Å². The molecule has 2 aliphatic heterocycles. The highest BCUT2D eigenvalue weighted by Gasteiger charge is 2.28. The minimum Gasteiger partial charge on any atom is -0.490 e. The number of hydrogen-bond acceptors (Lipinski definition) is 5. The second kappa shape index (κ2) is 6.37. The van der Waals surface area contributed by atoms with Crippen molar-refractivity contribution in [1.82, 2.24) is 9.21 Å². The van der Waals surface area contributed by atoms with Crippen molar-refractivity contribution in [3.63, 3.8) is 0 Å². The normalized spacial score (nSPS) is 19.2. The molecule has 8 heteroatoms. The highest BCUT2D eigenvalue weighted by Crippen LogP contribution is 2.30. The summed E-state index contributed by atoms with van der Waals surface area (Å²) in [6.45, 7) is 3.14. The fourth-order valence-corrected chi connectivity index (χ4v) is 3.75. The Morgan fingerprint density at radius 3 is 2.52 bits per heavy atom. The third-order valence-corrected chi connectivity index (χ3v) is 5.51. The number of rotatable bonds is 3. The van der Waals surface area contributed by atoms with Gasteiger partial charge in [-0.25, -0.2) is 8.42 Å². The quantitative estimate of drug-likeness (QED) is 0.775. The number of nitrogens with zero attached hydrogens (tertiary/aromatic N) is 3. The van der Waals surface area contributed by atoms with Crippen LogP contribution in [0.2, 0.25) is 0 Å². The van der Waals surface area contributed by atoms with Gasteiger partial charge in [-0.1, -0.05) is 12.1 Å². The standard InChI is InChI=1S/C15H21N3O4S/c1-23(20,21)18-8-6-16(7-9-18)15(19)12-17-10-11-22-14-5-3-2-4-13(14)17/h2-5H,6-12H2,1H3. The molecule has 7 nitrogen and oxygen atoms in total. The molecule has 0 radical (unpaired) electrons. The zero-order valence-corrected chi connectivity index (χ0v) is 14.0. The molecule has 23 heavy (non-hydrogen) atoms. The molecule has 0 saturated carbocycles. The van der Waals surface area contributed by atoms with Crippen LogP contribution in [0.15, 0.2) is 24.3 Å². The molecule has 0 N–H and O–H groups in total. The van der Waals surface area contributed by atoms with Gasteiger partial charge in [0.2, 0.25) is 15.9 Å². The lowest BCUT2D eigenvalue weighted by molar-refractivity contribution is -0.130. The van der Waals surface area contributed by atoms with E-state index in [0.29, 0.717) is 45.9 Å². The molecule has 1 aromatic rings. The summed E-state index contributed by atoms with van der Waals surface area (Å²) >= 11 is 0. The van der Waals surface area contributed by atoms with Crippen LogP contribution < -0.4 is 9.64 Å². The van der Waals surface area contributed by atoms with Gasteiger partial charge in [0, 0.05) is 26.2 Å². The molecule has 0 unspecified atom stereocenters. The highest BCUT2D eigenvalue weighted by atomic mass is 32.2. The number of carbonyl (C=O) groups is 1. The van der Waals surface area contributed by atoms with Crippen LogP contribution in [-0.4, -0.2) is 75.7 Å². The van der Waals surface area contributed by atoms with Crippen molar-refractivity contribution in [2.24, 2.45) is 0 Å². The smallest absolute Gasteiger partial charge is 0.242 e. The number of piperazine rings is 1. The summed E-state index contributed by atoms with van der Waals surface area (Å²) < 4.78 is 30.0. The average Bonchev–Trinajstić information content (AvgIpc) is 2.54. The van der Waals surface area contributed by atoms with Crippen LogP contribution in [0.3, 0.4) is 0 Å². The first-order valence-corrected chi connectivity index (χ1v) is 9.49. The van der Waals surface area contributed by atoms with E-state index in [0.717, 1.165) is 11.4 Å². The Kier molecular flexibility index (Phi) is 4.45. The van der Waals surface area contributed by atoms with Gasteiger partial charge in [-0.15, -0.1) is 0 Å². The van der Waals surface area contributed by atoms with E-state index in [1.165, 1.54) is 10.6 Å². The predicted molar refractivity (Wildman–Crippen MR) is 87.1 cm³/mol. The summed E-state index contributed by atoms with van der Waals surface area (Å²) in [5, 5.41) is 0. The number of carbonyl (C=O) groups excluding carboxylic acids is 1. The Morgan fingerprint density at radius 2 is 1.83 bits per heavy atom. The predicted octanol–water partition coefficient (Wildman–Crippen LogP) is -0.0108. The first-order valence-electron chi connectivity index (χ1n) is 7.65. The van der Waals surface area contributed by atoms with Crippen molar-refractivity contribution in [3.05, 3.63) is 24.3 Å². The number of hydrogen-bond donors (Lipinski definition) is 0. The summed E-state index contributed by atoms with van der Waals surface area (Å²) in [5.74, 6) is 0.822. The lowest BCUT2D eigenvalue weighted by atomic mass is 10.2. The Balaban J connectivity index is 1.61. The molecule has 3 rings (SSSR count). The first-order chi connectivity index (χ1) is 10.9. The van der Waals surface area contributed by atoms with Crippen LogP contribution in [0.1, 0.15) is 0 Å². The van der Waals surface area contributed by atoms with Gasteiger partial charge in [-0.2, -0.15) is 4.31 Å². The van der Waals surface area contributed by atoms with Crippen molar-refractivity contribution in [3.8, 4) is 5.75 Å². The summed E-state index contributed by atoms with van der Waals surface area (Å²) in [4.78, 5) is 16.3. The number of sulfonamides is 1. The summed E-state index contributed by atoms with van der Waals surface area (Å²) in [6, 6.07) is 7.69. The van der Waals surface area contributed by atoms with E-state index in [1.54, 1.807) is 4.90 Å². The fourth-order valence-electron chi connectivity index (χ4n) is 2.92. The van der Waals surface area contributed by atoms with Gasteiger partial charge in [0.25, 0.3) is 0 Å². The third-order valence-electron chi connectivity index (χ3n) is 4.21. The number of amides is 1. The van der Waals surface area contributed by atoms with E-state index in [4.69, 9.17) is 4.74 Å². The number of benzene rings is 1. The van der Waals surface area contributed by atoms with Crippen molar-refractivity contribution in [2.75, 3.05) is 57.0 Å². The van der Waals surface area contributed by atoms with E-state index < -0.39 is 10.0 Å². The van der Waals surface area contributed by atoms with Gasteiger partial charge >= 0.3 is 0 Å². The lowest BCUT2D eigenvalue weighted by Crippen LogP contribution is -2.52. The Bertz CT molecular complexity index is 684. The van der Waals surface area contributed by atoms with Crippen LogP contribution in [0.4, 0.5) is 5.69 Å². The molecule has 1 saturated heterocycles. The van der Waals surface area contributed by atoms with Gasteiger partial charge < -0.3 is 14.5 Å². The second-order valence-electron chi connectivity index (χ2n) is 5.78. The lowest BCUT2D eigenvalue weighted by Gasteiger charge is -2.36. The minimum absolute atomic E-state index is 0.0230. The van der Waals surface area contributed by atoms with Crippen LogP contribution in [0, 0.1) is 0 Å². The Hall–Kier alpha value is -1.80. The van der Waals surface area contributed by atoms with Gasteiger partial charge in [-0.05, 0) is 12.1 Å². The zero-order valence-electron chi connectivity index (χ0n) is 13.1.